The second kappa shape index (κ2) is 7.26. The van der Waals surface area contributed by atoms with Gasteiger partial charge in [0.15, 0.2) is 5.96 Å². The zero-order valence-corrected chi connectivity index (χ0v) is 10.5. The molecule has 0 saturated heterocycles. The molecule has 1 aromatic heterocycles. The van der Waals surface area contributed by atoms with Gasteiger partial charge in [-0.1, -0.05) is 6.92 Å². The van der Waals surface area contributed by atoms with Crippen molar-refractivity contribution < 1.29 is 4.79 Å². The first-order valence-corrected chi connectivity index (χ1v) is 5.93. The lowest BCUT2D eigenvalue weighted by molar-refractivity contribution is 0.220. The minimum atomic E-state index is -0.321. The lowest BCUT2D eigenvalue weighted by Crippen LogP contribution is -2.47. The highest BCUT2D eigenvalue weighted by Gasteiger charge is 2.15. The molecule has 4 N–H and O–H groups in total. The molecule has 0 radical (unpaired) electrons. The second-order valence-electron chi connectivity index (χ2n) is 3.87. The second-order valence-corrected chi connectivity index (χ2v) is 3.87. The van der Waals surface area contributed by atoms with Crippen LogP contribution in [-0.4, -0.2) is 35.0 Å². The summed E-state index contributed by atoms with van der Waals surface area (Å²) >= 11 is 0. The van der Waals surface area contributed by atoms with Crippen molar-refractivity contribution in [2.45, 2.75) is 19.8 Å². The van der Waals surface area contributed by atoms with E-state index in [-0.39, 0.29) is 12.0 Å². The van der Waals surface area contributed by atoms with Gasteiger partial charge in [-0.2, -0.15) is 0 Å². The van der Waals surface area contributed by atoms with E-state index in [1.165, 1.54) is 4.90 Å². The van der Waals surface area contributed by atoms with Crippen molar-refractivity contribution in [3.8, 4) is 0 Å². The van der Waals surface area contributed by atoms with Crippen molar-refractivity contribution in [1.82, 2.24) is 15.2 Å². The molecule has 1 heterocycles. The molecule has 0 aliphatic rings. The Hall–Kier alpha value is -2.11. The molecule has 0 aliphatic carbocycles. The number of urea groups is 1. The molecular formula is C12H19N5O. The number of hydrogen-bond acceptors (Lipinski definition) is 3. The fourth-order valence-corrected chi connectivity index (χ4v) is 1.45. The Labute approximate surface area is 107 Å². The summed E-state index contributed by atoms with van der Waals surface area (Å²) in [4.78, 5) is 16.9. The number of carbonyl (C=O) groups excluding carboxylic acids is 1. The molecule has 0 unspecified atom stereocenters. The highest BCUT2D eigenvalue weighted by atomic mass is 16.2. The van der Waals surface area contributed by atoms with Gasteiger partial charge in [0, 0.05) is 25.5 Å². The third kappa shape index (κ3) is 4.40. The van der Waals surface area contributed by atoms with Crippen LogP contribution in [0.5, 0.6) is 0 Å². The van der Waals surface area contributed by atoms with Crippen LogP contribution in [0, 0.1) is 5.41 Å². The third-order valence-corrected chi connectivity index (χ3v) is 2.44. The summed E-state index contributed by atoms with van der Waals surface area (Å²) in [5, 5.41) is 10.1. The van der Waals surface area contributed by atoms with Crippen LogP contribution in [0.15, 0.2) is 24.5 Å². The monoisotopic (exact) mass is 249 g/mol. The lowest BCUT2D eigenvalue weighted by atomic mass is 10.2. The van der Waals surface area contributed by atoms with Crippen molar-refractivity contribution in [3.05, 3.63) is 30.1 Å². The predicted molar refractivity (Wildman–Crippen MR) is 70.3 cm³/mol. The van der Waals surface area contributed by atoms with Gasteiger partial charge in [0.05, 0.1) is 0 Å². The SMILES string of the molecule is CCCNC(=O)N(CCc1ccncc1)C(=N)N. The average Bonchev–Trinajstić information content (AvgIpc) is 2.37. The fraction of sp³-hybridized carbons (Fsp3) is 0.417. The summed E-state index contributed by atoms with van der Waals surface area (Å²) in [5.74, 6) is -0.238. The van der Waals surface area contributed by atoms with Crippen molar-refractivity contribution in [1.29, 1.82) is 5.41 Å². The maximum Gasteiger partial charge on any atom is 0.324 e. The first-order chi connectivity index (χ1) is 8.65. The van der Waals surface area contributed by atoms with Crippen LogP contribution in [0.3, 0.4) is 0 Å². The highest BCUT2D eigenvalue weighted by Crippen LogP contribution is 2.00. The largest absolute Gasteiger partial charge is 0.370 e. The van der Waals surface area contributed by atoms with Gasteiger partial charge in [0.1, 0.15) is 0 Å². The molecule has 98 valence electrons. The van der Waals surface area contributed by atoms with Crippen LogP contribution in [0.25, 0.3) is 0 Å². The molecule has 1 rings (SSSR count). The summed E-state index contributed by atoms with van der Waals surface area (Å²) in [6.07, 6.45) is 4.89. The Balaban J connectivity index is 2.53. The molecule has 0 aliphatic heterocycles. The number of carbonyl (C=O) groups is 1. The number of amides is 2. The third-order valence-electron chi connectivity index (χ3n) is 2.44. The van der Waals surface area contributed by atoms with Gasteiger partial charge >= 0.3 is 6.03 Å². The molecule has 0 saturated carbocycles. The Morgan fingerprint density at radius 1 is 1.50 bits per heavy atom. The van der Waals surface area contributed by atoms with E-state index in [0.717, 1.165) is 12.0 Å². The molecule has 0 aromatic carbocycles. The first kappa shape index (κ1) is 14.0. The Morgan fingerprint density at radius 2 is 2.17 bits per heavy atom. The Kier molecular flexibility index (Phi) is 5.63. The molecule has 2 amide bonds. The number of nitrogens with one attached hydrogen (secondary N) is 2. The summed E-state index contributed by atoms with van der Waals surface area (Å²) in [7, 11) is 0. The van der Waals surface area contributed by atoms with Crippen molar-refractivity contribution in [2.75, 3.05) is 13.1 Å². The zero-order valence-electron chi connectivity index (χ0n) is 10.5. The molecule has 0 bridgehead atoms. The van der Waals surface area contributed by atoms with Gasteiger partial charge < -0.3 is 11.1 Å². The number of pyridine rings is 1. The van der Waals surface area contributed by atoms with Gasteiger partial charge in [-0.3, -0.25) is 15.3 Å². The number of rotatable bonds is 5. The molecular weight excluding hydrogens is 230 g/mol. The standard InChI is InChI=1S/C12H19N5O/c1-2-6-16-12(18)17(11(13)14)9-5-10-3-7-15-8-4-10/h3-4,7-8H,2,5-6,9H2,1H3,(H3,13,14)(H,16,18). The van der Waals surface area contributed by atoms with Gasteiger partial charge in [-0.25, -0.2) is 4.79 Å². The normalized spacial score (nSPS) is 9.83. The number of guanidine groups is 1. The molecule has 0 fully saturated rings. The van der Waals surface area contributed by atoms with Crippen LogP contribution in [0.2, 0.25) is 0 Å². The topological polar surface area (TPSA) is 95.1 Å². The maximum absolute atomic E-state index is 11.7. The molecule has 0 spiro atoms. The van der Waals surface area contributed by atoms with Gasteiger partial charge in [-0.15, -0.1) is 0 Å². The summed E-state index contributed by atoms with van der Waals surface area (Å²) < 4.78 is 0. The van der Waals surface area contributed by atoms with Crippen molar-refractivity contribution >= 4 is 12.0 Å². The van der Waals surface area contributed by atoms with Crippen molar-refractivity contribution in [2.24, 2.45) is 5.73 Å². The Bertz CT molecular complexity index is 393. The molecule has 0 atom stereocenters. The average molecular weight is 249 g/mol. The Morgan fingerprint density at radius 3 is 2.72 bits per heavy atom. The van der Waals surface area contributed by atoms with E-state index in [1.807, 2.05) is 19.1 Å². The number of nitrogens with zero attached hydrogens (tertiary/aromatic N) is 2. The van der Waals surface area contributed by atoms with Crippen molar-refractivity contribution in [3.63, 3.8) is 0 Å². The van der Waals surface area contributed by atoms with Crippen LogP contribution >= 0.6 is 0 Å². The van der Waals surface area contributed by atoms with E-state index in [2.05, 4.69) is 10.3 Å². The van der Waals surface area contributed by atoms with Crippen LogP contribution in [0.4, 0.5) is 4.79 Å². The van der Waals surface area contributed by atoms with Crippen LogP contribution in [0.1, 0.15) is 18.9 Å². The smallest absolute Gasteiger partial charge is 0.324 e. The van der Waals surface area contributed by atoms with E-state index < -0.39 is 0 Å². The van der Waals surface area contributed by atoms with Gasteiger partial charge in [0.2, 0.25) is 0 Å². The van der Waals surface area contributed by atoms with E-state index in [4.69, 9.17) is 11.1 Å². The number of aromatic nitrogens is 1. The number of nitrogens with two attached hydrogens (primary N) is 1. The van der Waals surface area contributed by atoms with E-state index in [1.54, 1.807) is 12.4 Å². The maximum atomic E-state index is 11.7. The van der Waals surface area contributed by atoms with Crippen LogP contribution in [-0.2, 0) is 6.42 Å². The van der Waals surface area contributed by atoms with E-state index in [9.17, 15) is 4.79 Å². The summed E-state index contributed by atoms with van der Waals surface area (Å²) in [5.41, 5.74) is 6.46. The zero-order chi connectivity index (χ0) is 13.4. The molecule has 18 heavy (non-hydrogen) atoms. The highest BCUT2D eigenvalue weighted by molar-refractivity contribution is 5.93. The van der Waals surface area contributed by atoms with Gasteiger partial charge in [0.25, 0.3) is 0 Å². The fourth-order valence-electron chi connectivity index (χ4n) is 1.45. The first-order valence-electron chi connectivity index (χ1n) is 5.93. The summed E-state index contributed by atoms with van der Waals surface area (Å²) in [6.45, 7) is 2.93. The molecule has 1 aromatic rings. The quantitative estimate of drug-likeness (QED) is 0.535. The minimum absolute atomic E-state index is 0.238. The molecule has 6 nitrogen and oxygen atoms in total. The lowest BCUT2D eigenvalue weighted by Gasteiger charge is -2.20. The predicted octanol–water partition coefficient (Wildman–Crippen LogP) is 0.939. The molecule has 6 heteroatoms. The van der Waals surface area contributed by atoms with Gasteiger partial charge in [-0.05, 0) is 30.5 Å². The summed E-state index contributed by atoms with van der Waals surface area (Å²) in [6, 6.07) is 3.43. The van der Waals surface area contributed by atoms with Crippen LogP contribution < -0.4 is 11.1 Å². The number of hydrogen-bond donors (Lipinski definition) is 3. The minimum Gasteiger partial charge on any atom is -0.370 e. The van der Waals surface area contributed by atoms with E-state index in [0.29, 0.717) is 19.5 Å². The van der Waals surface area contributed by atoms with E-state index >= 15 is 0 Å².